The van der Waals surface area contributed by atoms with Gasteiger partial charge in [0.15, 0.2) is 0 Å². The second kappa shape index (κ2) is 37.4. The fourth-order valence-corrected chi connectivity index (χ4v) is 3.10. The average molecular weight is 578 g/mol. The van der Waals surface area contributed by atoms with E-state index in [9.17, 15) is 0 Å². The van der Waals surface area contributed by atoms with E-state index in [-0.39, 0.29) is 34.7 Å². The smallest absolute Gasteiger partial charge is 0.317 e. The molecule has 0 saturated heterocycles. The molecule has 0 aromatic heterocycles. The minimum Gasteiger partial charge on any atom is -0.317 e. The fraction of sp³-hybridized carbons (Fsp3) is 0.931. The number of guanidine groups is 1. The maximum absolute atomic E-state index is 5.72. The van der Waals surface area contributed by atoms with Crippen LogP contribution in [-0.4, -0.2) is 118 Å². The number of nitrogens with zero attached hydrogens (tertiary/aromatic N) is 5. The highest BCUT2D eigenvalue weighted by Gasteiger charge is 2.20. The van der Waals surface area contributed by atoms with E-state index in [1.807, 2.05) is 37.7 Å². The molecule has 6 nitrogen and oxygen atoms in total. The first-order chi connectivity index (χ1) is 15.5. The van der Waals surface area contributed by atoms with E-state index in [0.717, 1.165) is 5.29 Å². The molecule has 1 N–H and O–H groups in total. The maximum Gasteiger partial charge on any atom is 0.349 e. The Kier molecular flexibility index (Phi) is 53.3. The van der Waals surface area contributed by atoms with Crippen LogP contribution < -0.4 is 5.32 Å². The van der Waals surface area contributed by atoms with Gasteiger partial charge < -0.3 is 5.32 Å². The van der Waals surface area contributed by atoms with Gasteiger partial charge in [-0.1, -0.05) is 75.7 Å². The molecule has 0 aliphatic heterocycles. The van der Waals surface area contributed by atoms with Gasteiger partial charge in [0, 0.05) is 11.6 Å². The normalized spacial score (nSPS) is 8.68. The van der Waals surface area contributed by atoms with Gasteiger partial charge in [-0.2, -0.15) is 0 Å². The molecule has 0 aliphatic carbocycles. The summed E-state index contributed by atoms with van der Waals surface area (Å²) in [7, 11) is 16.1. The number of nitrogens with one attached hydrogen (secondary N) is 1. The van der Waals surface area contributed by atoms with E-state index in [2.05, 4.69) is 75.6 Å². The van der Waals surface area contributed by atoms with Gasteiger partial charge in [0.1, 0.15) is 0 Å². The summed E-state index contributed by atoms with van der Waals surface area (Å²) in [6.07, 6.45) is 10.3. The van der Waals surface area contributed by atoms with Crippen LogP contribution in [0.4, 0.5) is 0 Å². The molecule has 0 aromatic rings. The van der Waals surface area contributed by atoms with E-state index < -0.39 is 0 Å². The van der Waals surface area contributed by atoms with Gasteiger partial charge in [0.25, 0.3) is 0 Å². The van der Waals surface area contributed by atoms with E-state index >= 15 is 0 Å². The molecule has 0 heterocycles. The van der Waals surface area contributed by atoms with Crippen molar-refractivity contribution in [1.29, 1.82) is 0 Å². The Morgan fingerprint density at radius 2 is 0.973 bits per heavy atom. The lowest BCUT2D eigenvalue weighted by Crippen LogP contribution is -2.46. The molecule has 0 spiro atoms. The summed E-state index contributed by atoms with van der Waals surface area (Å²) in [4.78, 5) is 6.57. The second-order valence-electron chi connectivity index (χ2n) is 9.30. The maximum atomic E-state index is 5.72. The van der Waals surface area contributed by atoms with Gasteiger partial charge in [-0.3, -0.25) is 23.9 Å². The van der Waals surface area contributed by atoms with E-state index in [1.165, 1.54) is 83.5 Å². The first kappa shape index (κ1) is 52.7. The van der Waals surface area contributed by atoms with Crippen LogP contribution in [0.3, 0.4) is 0 Å². The summed E-state index contributed by atoms with van der Waals surface area (Å²) in [6.45, 7) is 13.7. The lowest BCUT2D eigenvalue weighted by atomic mass is 10.2. The molecular formula is C29H74Cl2N6+2. The third kappa shape index (κ3) is 35.3. The molecule has 0 rings (SSSR count). The van der Waals surface area contributed by atoms with Crippen LogP contribution in [0.25, 0.3) is 0 Å². The monoisotopic (exact) mass is 577 g/mol. The molecule has 0 atom stereocenters. The molecular weight excluding hydrogens is 503 g/mol. The minimum absolute atomic E-state index is 0. The molecule has 37 heavy (non-hydrogen) atoms. The average Bonchev–Trinajstić information content (AvgIpc) is 2.75. The first-order valence-corrected chi connectivity index (χ1v) is 13.4. The van der Waals surface area contributed by atoms with Crippen molar-refractivity contribution in [3.63, 3.8) is 0 Å². The van der Waals surface area contributed by atoms with Crippen LogP contribution in [0.2, 0.25) is 0 Å². The van der Waals surface area contributed by atoms with Gasteiger partial charge in [-0.15, -0.1) is 12.4 Å². The lowest BCUT2D eigenvalue weighted by Gasteiger charge is -2.24. The van der Waals surface area contributed by atoms with Gasteiger partial charge in [-0.05, 0) is 38.8 Å². The van der Waals surface area contributed by atoms with Crippen molar-refractivity contribution >= 4 is 35.3 Å². The molecule has 0 unspecified atom stereocenters. The van der Waals surface area contributed by atoms with E-state index in [1.54, 1.807) is 0 Å². The molecule has 0 aromatic carbocycles. The number of amidine groups is 1. The number of hydrogen-bond acceptors (Lipinski definition) is 1. The second-order valence-corrected chi connectivity index (χ2v) is 9.64. The van der Waals surface area contributed by atoms with Gasteiger partial charge in [0.2, 0.25) is 0 Å². The standard InChI is InChI=1S/C13H30N3.C8H19N.C5H12ClN2.3CH4.ClH/c1-7-9-11-16(12-10-8-2)13(14(3)4)15(5)6;1-3-5-7-9-8-6-4-2;1-7(2)5(6)8(3)4;;;;/h7-12H2,1-6H3;9H,3-8H2,1-2H3;1-4H3;3*1H4;1H/q+1;;+1;;;;. The summed E-state index contributed by atoms with van der Waals surface area (Å²) >= 11 is 5.72. The highest BCUT2D eigenvalue weighted by atomic mass is 35.5. The predicted molar refractivity (Wildman–Crippen MR) is 179 cm³/mol. The summed E-state index contributed by atoms with van der Waals surface area (Å²) in [5.41, 5.74) is 0. The van der Waals surface area contributed by atoms with Crippen LogP contribution in [0, 0.1) is 0 Å². The van der Waals surface area contributed by atoms with Crippen LogP contribution in [0.1, 0.15) is 101 Å². The van der Waals surface area contributed by atoms with Crippen LogP contribution >= 0.6 is 24.0 Å². The highest BCUT2D eigenvalue weighted by molar-refractivity contribution is 6.62. The zero-order chi connectivity index (χ0) is 26.2. The summed E-state index contributed by atoms with van der Waals surface area (Å²) in [6, 6.07) is 0. The third-order valence-corrected chi connectivity index (χ3v) is 5.47. The third-order valence-electron chi connectivity index (χ3n) is 4.80. The topological polar surface area (TPSA) is 27.8 Å². The largest absolute Gasteiger partial charge is 0.349 e. The van der Waals surface area contributed by atoms with Gasteiger partial charge >= 0.3 is 11.3 Å². The fourth-order valence-electron chi connectivity index (χ4n) is 3.10. The Labute approximate surface area is 247 Å². The van der Waals surface area contributed by atoms with Crippen molar-refractivity contribution in [3.8, 4) is 0 Å². The molecule has 0 aliphatic rings. The number of halogens is 2. The minimum atomic E-state index is 0. The van der Waals surface area contributed by atoms with Crippen molar-refractivity contribution in [1.82, 2.24) is 20.0 Å². The Hall–Kier alpha value is -0.720. The Bertz CT molecular complexity index is 473. The molecule has 0 amide bonds. The highest BCUT2D eigenvalue weighted by Crippen LogP contribution is 2.02. The van der Waals surface area contributed by atoms with Crippen LogP contribution in [0.15, 0.2) is 0 Å². The Morgan fingerprint density at radius 1 is 0.622 bits per heavy atom. The summed E-state index contributed by atoms with van der Waals surface area (Å²) in [5.74, 6) is 1.32. The van der Waals surface area contributed by atoms with Crippen molar-refractivity contribution in [3.05, 3.63) is 0 Å². The van der Waals surface area contributed by atoms with Crippen molar-refractivity contribution in [2.45, 2.75) is 101 Å². The van der Waals surface area contributed by atoms with E-state index in [0.29, 0.717) is 0 Å². The zero-order valence-corrected chi connectivity index (χ0v) is 26.6. The molecule has 232 valence electrons. The molecule has 8 heteroatoms. The Balaban J connectivity index is -0.0000000745. The first-order valence-electron chi connectivity index (χ1n) is 13.1. The number of hydrogen-bond donors (Lipinski definition) is 1. The number of rotatable bonds is 12. The number of unbranched alkanes of at least 4 members (excludes halogenated alkanes) is 4. The summed E-state index contributed by atoms with van der Waals surface area (Å²) < 4.78 is 4.06. The van der Waals surface area contributed by atoms with Gasteiger partial charge in [0.05, 0.1) is 69.5 Å². The van der Waals surface area contributed by atoms with Crippen LogP contribution in [0.5, 0.6) is 0 Å². The SMILES string of the molecule is C.C.C.CCCCN(CCCC)C(N(C)C)=[N+](C)C.CCCCNCCCC.CN(C)C(Cl)=[N+](C)C.Cl. The van der Waals surface area contributed by atoms with Crippen LogP contribution in [-0.2, 0) is 0 Å². The zero-order valence-electron chi connectivity index (χ0n) is 25.0. The lowest BCUT2D eigenvalue weighted by molar-refractivity contribution is -0.476. The summed E-state index contributed by atoms with van der Waals surface area (Å²) in [5, 5.41) is 4.13. The van der Waals surface area contributed by atoms with Gasteiger partial charge in [-0.25, -0.2) is 0 Å². The van der Waals surface area contributed by atoms with E-state index in [4.69, 9.17) is 11.6 Å². The molecule has 0 saturated carbocycles. The predicted octanol–water partition coefficient (Wildman–Crippen LogP) is 7.00. The van der Waals surface area contributed by atoms with Crippen molar-refractivity contribution in [2.24, 2.45) is 0 Å². The van der Waals surface area contributed by atoms with Crippen molar-refractivity contribution < 1.29 is 9.15 Å². The van der Waals surface area contributed by atoms with Crippen molar-refractivity contribution in [2.75, 3.05) is 82.6 Å². The molecule has 0 bridgehead atoms. The quantitative estimate of drug-likeness (QED) is 0.0889. The molecule has 0 fully saturated rings. The Morgan fingerprint density at radius 3 is 1.16 bits per heavy atom. The molecule has 0 radical (unpaired) electrons.